The first kappa shape index (κ1) is 20.3. The molecule has 2 fully saturated rings. The van der Waals surface area contributed by atoms with Crippen LogP contribution in [0, 0.1) is 0 Å². The van der Waals surface area contributed by atoms with E-state index in [4.69, 9.17) is 4.74 Å². The van der Waals surface area contributed by atoms with E-state index in [0.717, 1.165) is 12.3 Å². The van der Waals surface area contributed by atoms with E-state index in [1.807, 2.05) is 6.92 Å². The van der Waals surface area contributed by atoms with E-state index in [0.29, 0.717) is 39.1 Å². The van der Waals surface area contributed by atoms with E-state index >= 15 is 0 Å². The number of alkyl halides is 3. The van der Waals surface area contributed by atoms with E-state index in [1.54, 1.807) is 0 Å². The van der Waals surface area contributed by atoms with E-state index in [2.05, 4.69) is 15.6 Å². The quantitative estimate of drug-likeness (QED) is 0.762. The SMILES string of the molecule is C[C@@]1(CS(=O)(=O)N2CCC(Oc3ccc(C(F)(F)F)cn3)CC2)CNCN1. The number of hydrogen-bond acceptors (Lipinski definition) is 6. The minimum atomic E-state index is -4.44. The van der Waals surface area contributed by atoms with Crippen molar-refractivity contribution in [1.82, 2.24) is 19.9 Å². The molecule has 7 nitrogen and oxygen atoms in total. The number of sulfonamides is 1. The second-order valence-corrected chi connectivity index (χ2v) is 9.17. The lowest BCUT2D eigenvalue weighted by atomic mass is 10.1. The van der Waals surface area contributed by atoms with E-state index < -0.39 is 27.3 Å². The second-order valence-electron chi connectivity index (χ2n) is 7.20. The molecule has 3 rings (SSSR count). The summed E-state index contributed by atoms with van der Waals surface area (Å²) in [4.78, 5) is 3.70. The van der Waals surface area contributed by atoms with Crippen molar-refractivity contribution in [2.75, 3.05) is 32.1 Å². The van der Waals surface area contributed by atoms with E-state index in [9.17, 15) is 21.6 Å². The summed E-state index contributed by atoms with van der Waals surface area (Å²) in [6, 6.07) is 2.11. The molecule has 3 heterocycles. The second kappa shape index (κ2) is 7.53. The Morgan fingerprint density at radius 2 is 2.04 bits per heavy atom. The Morgan fingerprint density at radius 3 is 2.56 bits per heavy atom. The monoisotopic (exact) mass is 408 g/mol. The summed E-state index contributed by atoms with van der Waals surface area (Å²) in [5.41, 5.74) is -1.32. The number of ether oxygens (including phenoxy) is 1. The minimum Gasteiger partial charge on any atom is -0.474 e. The number of pyridine rings is 1. The highest BCUT2D eigenvalue weighted by atomic mass is 32.2. The molecule has 0 spiro atoms. The number of hydrogen-bond donors (Lipinski definition) is 2. The van der Waals surface area contributed by atoms with Crippen LogP contribution < -0.4 is 15.4 Å². The summed E-state index contributed by atoms with van der Waals surface area (Å²) in [7, 11) is -3.41. The molecular formula is C16H23F3N4O3S. The Kier molecular flexibility index (Phi) is 5.67. The fraction of sp³-hybridized carbons (Fsp3) is 0.688. The summed E-state index contributed by atoms with van der Waals surface area (Å²) in [6.45, 7) is 3.68. The first-order valence-corrected chi connectivity index (χ1v) is 10.3. The van der Waals surface area contributed by atoms with Crippen LogP contribution in [-0.2, 0) is 16.2 Å². The lowest BCUT2D eigenvalue weighted by molar-refractivity contribution is -0.137. The van der Waals surface area contributed by atoms with Gasteiger partial charge in [0.2, 0.25) is 15.9 Å². The summed E-state index contributed by atoms with van der Waals surface area (Å²) in [6.07, 6.45) is -3.05. The van der Waals surface area contributed by atoms with Crippen molar-refractivity contribution < 1.29 is 26.3 Å². The minimum absolute atomic E-state index is 0.0129. The predicted octanol–water partition coefficient (Wildman–Crippen LogP) is 1.18. The summed E-state index contributed by atoms with van der Waals surface area (Å²) in [5, 5.41) is 6.25. The molecule has 1 atom stereocenters. The molecule has 0 amide bonds. The lowest BCUT2D eigenvalue weighted by Gasteiger charge is -2.33. The normalized spacial score (nSPS) is 25.6. The van der Waals surface area contributed by atoms with E-state index in [-0.39, 0.29) is 17.7 Å². The van der Waals surface area contributed by atoms with Gasteiger partial charge in [0.15, 0.2) is 0 Å². The van der Waals surface area contributed by atoms with Gasteiger partial charge in [0.1, 0.15) is 6.10 Å². The first-order chi connectivity index (χ1) is 12.6. The highest BCUT2D eigenvalue weighted by Gasteiger charge is 2.38. The van der Waals surface area contributed by atoms with Gasteiger partial charge in [-0.15, -0.1) is 0 Å². The van der Waals surface area contributed by atoms with Crippen molar-refractivity contribution in [1.29, 1.82) is 0 Å². The fourth-order valence-electron chi connectivity index (χ4n) is 3.29. The Bertz CT molecular complexity index is 741. The number of halogens is 3. The smallest absolute Gasteiger partial charge is 0.417 e. The van der Waals surface area contributed by atoms with Gasteiger partial charge in [-0.25, -0.2) is 17.7 Å². The van der Waals surface area contributed by atoms with Crippen LogP contribution in [-0.4, -0.2) is 61.4 Å². The van der Waals surface area contributed by atoms with Crippen molar-refractivity contribution in [3.05, 3.63) is 23.9 Å². The Morgan fingerprint density at radius 1 is 1.33 bits per heavy atom. The van der Waals surface area contributed by atoms with Gasteiger partial charge in [0, 0.05) is 44.1 Å². The largest absolute Gasteiger partial charge is 0.474 e. The Balaban J connectivity index is 1.52. The number of rotatable bonds is 5. The van der Waals surface area contributed by atoms with E-state index in [1.165, 1.54) is 10.4 Å². The molecule has 2 aliphatic heterocycles. The Hall–Kier alpha value is -1.43. The molecule has 2 N–H and O–H groups in total. The Labute approximate surface area is 156 Å². The lowest BCUT2D eigenvalue weighted by Crippen LogP contribution is -2.51. The molecule has 2 aliphatic rings. The third-order valence-corrected chi connectivity index (χ3v) is 6.96. The zero-order chi connectivity index (χ0) is 19.7. The van der Waals surface area contributed by atoms with Crippen molar-refractivity contribution >= 4 is 10.0 Å². The third kappa shape index (κ3) is 5.09. The van der Waals surface area contributed by atoms with Gasteiger partial charge >= 0.3 is 6.18 Å². The van der Waals surface area contributed by atoms with Gasteiger partial charge in [0.25, 0.3) is 0 Å². The van der Waals surface area contributed by atoms with Crippen LogP contribution in [0.15, 0.2) is 18.3 Å². The summed E-state index contributed by atoms with van der Waals surface area (Å²) in [5.74, 6) is 0.122. The number of nitrogens with one attached hydrogen (secondary N) is 2. The van der Waals surface area contributed by atoms with Crippen LogP contribution >= 0.6 is 0 Å². The topological polar surface area (TPSA) is 83.6 Å². The zero-order valence-electron chi connectivity index (χ0n) is 14.9. The van der Waals surface area contributed by atoms with Crippen LogP contribution in [0.4, 0.5) is 13.2 Å². The molecule has 2 saturated heterocycles. The van der Waals surface area contributed by atoms with Gasteiger partial charge in [-0.2, -0.15) is 13.2 Å². The van der Waals surface area contributed by atoms with Gasteiger partial charge in [-0.3, -0.25) is 5.32 Å². The molecule has 11 heteroatoms. The zero-order valence-corrected chi connectivity index (χ0v) is 15.7. The molecule has 0 aliphatic carbocycles. The fourth-order valence-corrected chi connectivity index (χ4v) is 5.25. The first-order valence-electron chi connectivity index (χ1n) is 8.71. The maximum absolute atomic E-state index is 12.6. The van der Waals surface area contributed by atoms with Gasteiger partial charge < -0.3 is 10.1 Å². The predicted molar refractivity (Wildman–Crippen MR) is 92.7 cm³/mol. The van der Waals surface area contributed by atoms with Crippen molar-refractivity contribution in [2.45, 2.75) is 37.6 Å². The summed E-state index contributed by atoms with van der Waals surface area (Å²) >= 11 is 0. The molecule has 152 valence electrons. The maximum Gasteiger partial charge on any atom is 0.417 e. The highest BCUT2D eigenvalue weighted by Crippen LogP contribution is 2.29. The molecular weight excluding hydrogens is 385 g/mol. The standard InChI is InChI=1S/C16H23F3N4O3S/c1-15(9-20-11-22-15)10-27(24,25)23-6-4-13(5-7-23)26-14-3-2-12(8-21-14)16(17,18)19/h2-3,8,13,20,22H,4-7,9-11H2,1H3/t15-/m0/s1. The molecule has 1 aromatic rings. The average Bonchev–Trinajstić information content (AvgIpc) is 3.00. The van der Waals surface area contributed by atoms with Crippen molar-refractivity contribution in [3.8, 4) is 5.88 Å². The van der Waals surface area contributed by atoms with Crippen molar-refractivity contribution in [2.24, 2.45) is 0 Å². The number of nitrogens with zero attached hydrogens (tertiary/aromatic N) is 2. The van der Waals surface area contributed by atoms with Gasteiger partial charge in [0.05, 0.1) is 11.3 Å². The molecule has 0 radical (unpaired) electrons. The number of piperidine rings is 1. The number of aromatic nitrogens is 1. The van der Waals surface area contributed by atoms with Crippen LogP contribution in [0.1, 0.15) is 25.3 Å². The molecule has 0 bridgehead atoms. The summed E-state index contributed by atoms with van der Waals surface area (Å²) < 4.78 is 70.0. The van der Waals surface area contributed by atoms with Crippen LogP contribution in [0.3, 0.4) is 0 Å². The van der Waals surface area contributed by atoms with Crippen LogP contribution in [0.25, 0.3) is 0 Å². The molecule has 0 unspecified atom stereocenters. The molecule has 1 aromatic heterocycles. The molecule has 27 heavy (non-hydrogen) atoms. The van der Waals surface area contributed by atoms with Crippen LogP contribution in [0.2, 0.25) is 0 Å². The highest BCUT2D eigenvalue weighted by molar-refractivity contribution is 7.89. The van der Waals surface area contributed by atoms with Crippen LogP contribution in [0.5, 0.6) is 5.88 Å². The average molecular weight is 408 g/mol. The molecule has 0 aromatic carbocycles. The third-order valence-electron chi connectivity index (χ3n) is 4.80. The van der Waals surface area contributed by atoms with Gasteiger partial charge in [-0.1, -0.05) is 0 Å². The molecule has 0 saturated carbocycles. The van der Waals surface area contributed by atoms with Gasteiger partial charge in [-0.05, 0) is 25.8 Å². The van der Waals surface area contributed by atoms with Crippen molar-refractivity contribution in [3.63, 3.8) is 0 Å². The maximum atomic E-state index is 12.6.